The van der Waals surface area contributed by atoms with Gasteiger partial charge in [0.15, 0.2) is 0 Å². The molecular weight excluding hydrogens is 276 g/mol. The second-order valence-electron chi connectivity index (χ2n) is 4.37. The maximum Gasteiger partial charge on any atom is 0.230 e. The first-order valence-electron chi connectivity index (χ1n) is 6.44. The van der Waals surface area contributed by atoms with Crippen molar-refractivity contribution in [1.82, 2.24) is 5.32 Å². The summed E-state index contributed by atoms with van der Waals surface area (Å²) in [7, 11) is 0. The van der Waals surface area contributed by atoms with Gasteiger partial charge in [-0.15, -0.1) is 11.8 Å². The van der Waals surface area contributed by atoms with Gasteiger partial charge in [0.1, 0.15) is 0 Å². The summed E-state index contributed by atoms with van der Waals surface area (Å²) in [6.45, 7) is 3.50. The van der Waals surface area contributed by atoms with Gasteiger partial charge in [-0.2, -0.15) is 11.8 Å². The lowest BCUT2D eigenvalue weighted by Gasteiger charge is -2.08. The molecule has 0 spiro atoms. The van der Waals surface area contributed by atoms with Gasteiger partial charge < -0.3 is 11.1 Å². The van der Waals surface area contributed by atoms with Crippen LogP contribution in [0.3, 0.4) is 0 Å². The lowest BCUT2D eigenvalue weighted by molar-refractivity contribution is -0.118. The minimum Gasteiger partial charge on any atom is -0.355 e. The normalized spacial score (nSPS) is 12.1. The number of benzene rings is 1. The number of hydrogen-bond acceptors (Lipinski definition) is 4. The molecule has 0 aliphatic carbocycles. The lowest BCUT2D eigenvalue weighted by atomic mass is 10.2. The molecule has 0 bridgehead atoms. The number of thioether (sulfide) groups is 2. The Balaban J connectivity index is 2.01. The molecule has 0 saturated carbocycles. The van der Waals surface area contributed by atoms with Crippen molar-refractivity contribution in [1.29, 1.82) is 0 Å². The predicted octanol–water partition coefficient (Wildman–Crippen LogP) is 2.22. The van der Waals surface area contributed by atoms with Crippen molar-refractivity contribution < 1.29 is 4.79 Å². The van der Waals surface area contributed by atoms with Crippen LogP contribution in [0.4, 0.5) is 0 Å². The molecule has 1 atom stereocenters. The van der Waals surface area contributed by atoms with Crippen molar-refractivity contribution in [3.63, 3.8) is 0 Å². The number of hydrogen-bond donors (Lipinski definition) is 2. The minimum absolute atomic E-state index is 0.114. The zero-order valence-electron chi connectivity index (χ0n) is 11.3. The molecule has 0 heterocycles. The number of nitrogens with two attached hydrogens (primary N) is 1. The molecule has 1 aromatic rings. The van der Waals surface area contributed by atoms with Crippen LogP contribution in [0.2, 0.25) is 0 Å². The molecule has 0 aliphatic heterocycles. The molecule has 0 aliphatic rings. The predicted molar refractivity (Wildman–Crippen MR) is 85.7 cm³/mol. The highest BCUT2D eigenvalue weighted by Gasteiger charge is 2.03. The van der Waals surface area contributed by atoms with Gasteiger partial charge in [0.25, 0.3) is 0 Å². The Morgan fingerprint density at radius 2 is 2.11 bits per heavy atom. The molecule has 1 unspecified atom stereocenters. The van der Waals surface area contributed by atoms with Crippen LogP contribution in [-0.4, -0.2) is 36.3 Å². The van der Waals surface area contributed by atoms with Crippen LogP contribution in [0.5, 0.6) is 0 Å². The molecular formula is C14H22N2OS2. The molecule has 19 heavy (non-hydrogen) atoms. The summed E-state index contributed by atoms with van der Waals surface area (Å²) in [5.74, 6) is 2.97. The molecule has 0 saturated heterocycles. The Hall–Kier alpha value is -0.650. The summed E-state index contributed by atoms with van der Waals surface area (Å²) in [5.41, 5.74) is 5.53. The van der Waals surface area contributed by atoms with Crippen LogP contribution in [0.25, 0.3) is 0 Å². The van der Waals surface area contributed by atoms with Gasteiger partial charge in [0.2, 0.25) is 5.91 Å². The number of amides is 1. The van der Waals surface area contributed by atoms with E-state index in [0.717, 1.165) is 11.5 Å². The lowest BCUT2D eigenvalue weighted by Crippen LogP contribution is -2.27. The van der Waals surface area contributed by atoms with Gasteiger partial charge in [-0.3, -0.25) is 4.79 Å². The number of nitrogens with one attached hydrogen (secondary N) is 1. The average Bonchev–Trinajstić information content (AvgIpc) is 2.44. The van der Waals surface area contributed by atoms with E-state index in [1.165, 1.54) is 4.90 Å². The first kappa shape index (κ1) is 16.4. The van der Waals surface area contributed by atoms with Crippen molar-refractivity contribution in [2.24, 2.45) is 11.7 Å². The Morgan fingerprint density at radius 1 is 1.37 bits per heavy atom. The van der Waals surface area contributed by atoms with E-state index in [4.69, 9.17) is 5.73 Å². The van der Waals surface area contributed by atoms with Crippen LogP contribution in [-0.2, 0) is 4.79 Å². The number of carbonyl (C=O) groups excluding carboxylic acids is 1. The molecule has 3 N–H and O–H groups in total. The fraction of sp³-hybridized carbons (Fsp3) is 0.500. The third-order valence-electron chi connectivity index (χ3n) is 2.47. The summed E-state index contributed by atoms with van der Waals surface area (Å²) < 4.78 is 0. The summed E-state index contributed by atoms with van der Waals surface area (Å²) in [4.78, 5) is 12.8. The van der Waals surface area contributed by atoms with Gasteiger partial charge in [0, 0.05) is 17.2 Å². The van der Waals surface area contributed by atoms with E-state index in [1.54, 1.807) is 23.5 Å². The van der Waals surface area contributed by atoms with E-state index >= 15 is 0 Å². The summed E-state index contributed by atoms with van der Waals surface area (Å²) >= 11 is 3.41. The standard InChI is InChI=1S/C14H22N2OS2/c1-12(9-15)10-18-11-14(17)16-7-8-19-13-5-3-2-4-6-13/h2-6,12H,7-11,15H2,1H3,(H,16,17). The molecule has 106 valence electrons. The van der Waals surface area contributed by atoms with E-state index in [2.05, 4.69) is 24.4 Å². The Labute approximate surface area is 124 Å². The maximum atomic E-state index is 11.6. The van der Waals surface area contributed by atoms with E-state index in [0.29, 0.717) is 24.8 Å². The van der Waals surface area contributed by atoms with E-state index in [9.17, 15) is 4.79 Å². The van der Waals surface area contributed by atoms with Crippen LogP contribution in [0.15, 0.2) is 35.2 Å². The Kier molecular flexibility index (Phi) is 8.79. The monoisotopic (exact) mass is 298 g/mol. The zero-order chi connectivity index (χ0) is 13.9. The summed E-state index contributed by atoms with van der Waals surface area (Å²) in [5, 5.41) is 2.93. The first-order chi connectivity index (χ1) is 9.22. The highest BCUT2D eigenvalue weighted by atomic mass is 32.2. The topological polar surface area (TPSA) is 55.1 Å². The molecule has 0 aromatic heterocycles. The third-order valence-corrected chi connectivity index (χ3v) is 4.76. The quantitative estimate of drug-likeness (QED) is 0.542. The fourth-order valence-corrected chi connectivity index (χ4v) is 3.08. The Morgan fingerprint density at radius 3 is 2.79 bits per heavy atom. The maximum absolute atomic E-state index is 11.6. The third kappa shape index (κ3) is 8.18. The largest absolute Gasteiger partial charge is 0.355 e. The molecule has 5 heteroatoms. The van der Waals surface area contributed by atoms with Gasteiger partial charge >= 0.3 is 0 Å². The van der Waals surface area contributed by atoms with Gasteiger partial charge in [-0.05, 0) is 30.3 Å². The highest BCUT2D eigenvalue weighted by Crippen LogP contribution is 2.15. The van der Waals surface area contributed by atoms with Gasteiger partial charge in [0.05, 0.1) is 5.75 Å². The SMILES string of the molecule is CC(CN)CSCC(=O)NCCSc1ccccc1. The van der Waals surface area contributed by atoms with Crippen LogP contribution in [0, 0.1) is 5.92 Å². The number of rotatable bonds is 9. The van der Waals surface area contributed by atoms with E-state index in [-0.39, 0.29) is 5.91 Å². The van der Waals surface area contributed by atoms with Gasteiger partial charge in [-0.1, -0.05) is 25.1 Å². The van der Waals surface area contributed by atoms with Crippen molar-refractivity contribution in [3.8, 4) is 0 Å². The van der Waals surface area contributed by atoms with Crippen molar-refractivity contribution in [2.75, 3.05) is 30.3 Å². The average molecular weight is 298 g/mol. The molecule has 0 fully saturated rings. The van der Waals surface area contributed by atoms with Gasteiger partial charge in [-0.25, -0.2) is 0 Å². The van der Waals surface area contributed by atoms with Crippen LogP contribution < -0.4 is 11.1 Å². The highest BCUT2D eigenvalue weighted by molar-refractivity contribution is 8.00. The number of carbonyl (C=O) groups is 1. The molecule has 1 rings (SSSR count). The van der Waals surface area contributed by atoms with E-state index < -0.39 is 0 Å². The fourth-order valence-electron chi connectivity index (χ4n) is 1.35. The summed E-state index contributed by atoms with van der Waals surface area (Å²) in [6, 6.07) is 10.2. The van der Waals surface area contributed by atoms with Crippen molar-refractivity contribution in [2.45, 2.75) is 11.8 Å². The molecule has 1 aromatic carbocycles. The zero-order valence-corrected chi connectivity index (χ0v) is 12.9. The smallest absolute Gasteiger partial charge is 0.230 e. The van der Waals surface area contributed by atoms with E-state index in [1.807, 2.05) is 18.2 Å². The second kappa shape index (κ2) is 10.2. The van der Waals surface area contributed by atoms with Crippen molar-refractivity contribution >= 4 is 29.4 Å². The summed E-state index contributed by atoms with van der Waals surface area (Å²) in [6.07, 6.45) is 0. The van der Waals surface area contributed by atoms with Crippen molar-refractivity contribution in [3.05, 3.63) is 30.3 Å². The first-order valence-corrected chi connectivity index (χ1v) is 8.58. The van der Waals surface area contributed by atoms with Crippen LogP contribution >= 0.6 is 23.5 Å². The minimum atomic E-state index is 0.114. The molecule has 0 radical (unpaired) electrons. The second-order valence-corrected chi connectivity index (χ2v) is 6.57. The molecule has 3 nitrogen and oxygen atoms in total. The van der Waals surface area contributed by atoms with Crippen LogP contribution in [0.1, 0.15) is 6.92 Å². The Bertz CT molecular complexity index is 360. The molecule has 1 amide bonds.